The first-order chi connectivity index (χ1) is 10.1. The van der Waals surface area contributed by atoms with Gasteiger partial charge in [0.15, 0.2) is 5.78 Å². The van der Waals surface area contributed by atoms with Crippen LogP contribution in [0, 0.1) is 5.82 Å². The van der Waals surface area contributed by atoms with Crippen molar-refractivity contribution >= 4 is 27.4 Å². The molecule has 2 aromatic rings. The minimum absolute atomic E-state index is 0.136. The van der Waals surface area contributed by atoms with E-state index in [1.54, 1.807) is 37.4 Å². The summed E-state index contributed by atoms with van der Waals surface area (Å²) in [5.74, 6) is 0.234. The molecule has 5 heteroatoms. The summed E-state index contributed by atoms with van der Waals surface area (Å²) in [7, 11) is 1.57. The molecule has 0 bridgehead atoms. The van der Waals surface area contributed by atoms with Crippen molar-refractivity contribution in [1.82, 2.24) is 0 Å². The van der Waals surface area contributed by atoms with Crippen LogP contribution in [0.4, 0.5) is 10.1 Å². The molecule has 2 rings (SSSR count). The van der Waals surface area contributed by atoms with Gasteiger partial charge in [-0.2, -0.15) is 0 Å². The Hall–Kier alpha value is -2.14. The summed E-state index contributed by atoms with van der Waals surface area (Å²) in [5, 5.41) is 2.92. The highest BCUT2D eigenvalue weighted by molar-refractivity contribution is 9.10. The van der Waals surface area contributed by atoms with Crippen molar-refractivity contribution in [2.75, 3.05) is 12.4 Å². The lowest BCUT2D eigenvalue weighted by Gasteiger charge is -2.04. The molecule has 0 heterocycles. The molecule has 0 aromatic heterocycles. The number of hydrogen-bond donors (Lipinski definition) is 1. The Morgan fingerprint density at radius 2 is 1.95 bits per heavy atom. The molecule has 0 radical (unpaired) electrons. The zero-order chi connectivity index (χ0) is 15.2. The molecule has 0 unspecified atom stereocenters. The van der Waals surface area contributed by atoms with E-state index in [-0.39, 0.29) is 11.6 Å². The first-order valence-corrected chi connectivity index (χ1v) is 6.96. The third-order valence-corrected chi connectivity index (χ3v) is 3.44. The van der Waals surface area contributed by atoms with Crippen molar-refractivity contribution in [2.45, 2.75) is 0 Å². The summed E-state index contributed by atoms with van der Waals surface area (Å²) in [4.78, 5) is 11.9. The number of methoxy groups -OCH3 is 1. The summed E-state index contributed by atoms with van der Waals surface area (Å²) in [6.07, 6.45) is 2.93. The van der Waals surface area contributed by atoms with E-state index in [2.05, 4.69) is 21.2 Å². The van der Waals surface area contributed by atoms with Crippen molar-refractivity contribution in [3.63, 3.8) is 0 Å². The lowest BCUT2D eigenvalue weighted by molar-refractivity contribution is 0.104. The number of hydrogen-bond acceptors (Lipinski definition) is 3. The van der Waals surface area contributed by atoms with Gasteiger partial charge in [0.25, 0.3) is 0 Å². The van der Waals surface area contributed by atoms with Gasteiger partial charge >= 0.3 is 0 Å². The van der Waals surface area contributed by atoms with Gasteiger partial charge in [-0.1, -0.05) is 0 Å². The number of rotatable bonds is 5. The SMILES string of the molecule is COc1ccc(C(=O)/C=C/Nc2ccc(F)cc2Br)cc1. The number of carbonyl (C=O) groups excluding carboxylic acids is 1. The van der Waals surface area contributed by atoms with Gasteiger partial charge in [-0.05, 0) is 58.4 Å². The third kappa shape index (κ3) is 4.16. The number of ether oxygens (including phenoxy) is 1. The van der Waals surface area contributed by atoms with Crippen molar-refractivity contribution in [3.8, 4) is 5.75 Å². The quantitative estimate of drug-likeness (QED) is 0.641. The Bertz CT molecular complexity index is 668. The van der Waals surface area contributed by atoms with Crippen LogP contribution < -0.4 is 10.1 Å². The van der Waals surface area contributed by atoms with E-state index >= 15 is 0 Å². The van der Waals surface area contributed by atoms with Crippen LogP contribution in [-0.4, -0.2) is 12.9 Å². The summed E-state index contributed by atoms with van der Waals surface area (Å²) in [5.41, 5.74) is 1.24. The number of benzene rings is 2. The molecular weight excluding hydrogens is 337 g/mol. The second-order valence-corrected chi connectivity index (χ2v) is 5.05. The van der Waals surface area contributed by atoms with E-state index in [4.69, 9.17) is 4.74 Å². The van der Waals surface area contributed by atoms with Crippen molar-refractivity contribution < 1.29 is 13.9 Å². The molecular formula is C16H13BrFNO2. The van der Waals surface area contributed by atoms with Gasteiger partial charge in [0, 0.05) is 22.3 Å². The molecule has 0 saturated carbocycles. The predicted molar refractivity (Wildman–Crippen MR) is 84.2 cm³/mol. The van der Waals surface area contributed by atoms with E-state index in [0.29, 0.717) is 21.5 Å². The van der Waals surface area contributed by atoms with E-state index < -0.39 is 0 Å². The molecule has 0 fully saturated rings. The fourth-order valence-electron chi connectivity index (χ4n) is 1.67. The highest BCUT2D eigenvalue weighted by atomic mass is 79.9. The van der Waals surface area contributed by atoms with Gasteiger partial charge in [0.2, 0.25) is 0 Å². The highest BCUT2D eigenvalue weighted by Gasteiger charge is 2.02. The van der Waals surface area contributed by atoms with Crippen LogP contribution in [0.25, 0.3) is 0 Å². The zero-order valence-electron chi connectivity index (χ0n) is 11.3. The molecule has 0 atom stereocenters. The monoisotopic (exact) mass is 349 g/mol. The standard InChI is InChI=1S/C16H13BrFNO2/c1-21-13-5-2-11(3-6-13)16(20)8-9-19-15-7-4-12(18)10-14(15)17/h2-10,19H,1H3/b9-8+. The normalized spacial score (nSPS) is 10.6. The number of nitrogens with one attached hydrogen (secondary N) is 1. The maximum absolute atomic E-state index is 12.9. The Labute approximate surface area is 130 Å². The smallest absolute Gasteiger partial charge is 0.187 e. The number of halogens is 2. The summed E-state index contributed by atoms with van der Waals surface area (Å²) in [6, 6.07) is 11.1. The molecule has 0 spiro atoms. The summed E-state index contributed by atoms with van der Waals surface area (Å²) < 4.78 is 18.6. The number of anilines is 1. The topological polar surface area (TPSA) is 38.3 Å². The van der Waals surface area contributed by atoms with Gasteiger partial charge in [-0.3, -0.25) is 4.79 Å². The van der Waals surface area contributed by atoms with E-state index in [0.717, 1.165) is 0 Å². The number of allylic oxidation sites excluding steroid dienone is 1. The average molecular weight is 350 g/mol. The fourth-order valence-corrected chi connectivity index (χ4v) is 2.13. The van der Waals surface area contributed by atoms with E-state index in [9.17, 15) is 9.18 Å². The zero-order valence-corrected chi connectivity index (χ0v) is 12.9. The van der Waals surface area contributed by atoms with Gasteiger partial charge in [-0.25, -0.2) is 4.39 Å². The maximum atomic E-state index is 12.9. The lowest BCUT2D eigenvalue weighted by atomic mass is 10.1. The molecule has 0 aliphatic carbocycles. The molecule has 0 aliphatic rings. The summed E-state index contributed by atoms with van der Waals surface area (Å²) >= 11 is 3.24. The third-order valence-electron chi connectivity index (χ3n) is 2.78. The van der Waals surface area contributed by atoms with Crippen molar-refractivity contribution in [1.29, 1.82) is 0 Å². The lowest BCUT2D eigenvalue weighted by Crippen LogP contribution is -1.97. The van der Waals surface area contributed by atoms with Crippen molar-refractivity contribution in [3.05, 3.63) is 70.6 Å². The van der Waals surface area contributed by atoms with Crippen LogP contribution in [-0.2, 0) is 0 Å². The predicted octanol–water partition coefficient (Wildman–Crippen LogP) is 4.41. The first-order valence-electron chi connectivity index (χ1n) is 6.16. The largest absolute Gasteiger partial charge is 0.497 e. The molecule has 0 aliphatic heterocycles. The van der Waals surface area contributed by atoms with Crippen LogP contribution in [0.5, 0.6) is 5.75 Å². The molecule has 0 amide bonds. The molecule has 108 valence electrons. The Balaban J connectivity index is 2.01. The maximum Gasteiger partial charge on any atom is 0.187 e. The van der Waals surface area contributed by atoms with Crippen LogP contribution in [0.15, 0.2) is 59.2 Å². The second kappa shape index (κ2) is 7.04. The van der Waals surface area contributed by atoms with Crippen LogP contribution in [0.3, 0.4) is 0 Å². The Kier molecular flexibility index (Phi) is 5.11. The highest BCUT2D eigenvalue weighted by Crippen LogP contribution is 2.23. The van der Waals surface area contributed by atoms with Gasteiger partial charge < -0.3 is 10.1 Å². The second-order valence-electron chi connectivity index (χ2n) is 4.19. The minimum atomic E-state index is -0.328. The Morgan fingerprint density at radius 1 is 1.24 bits per heavy atom. The minimum Gasteiger partial charge on any atom is -0.497 e. The van der Waals surface area contributed by atoms with Gasteiger partial charge in [-0.15, -0.1) is 0 Å². The van der Waals surface area contributed by atoms with E-state index in [1.807, 2.05) is 0 Å². The Morgan fingerprint density at radius 3 is 2.57 bits per heavy atom. The van der Waals surface area contributed by atoms with Crippen molar-refractivity contribution in [2.24, 2.45) is 0 Å². The molecule has 3 nitrogen and oxygen atoms in total. The molecule has 21 heavy (non-hydrogen) atoms. The summed E-state index contributed by atoms with van der Waals surface area (Å²) in [6.45, 7) is 0. The molecule has 2 aromatic carbocycles. The van der Waals surface area contributed by atoms with E-state index in [1.165, 1.54) is 24.4 Å². The average Bonchev–Trinajstić information content (AvgIpc) is 2.49. The number of ketones is 1. The first kappa shape index (κ1) is 15.3. The van der Waals surface area contributed by atoms with Gasteiger partial charge in [0.05, 0.1) is 12.8 Å². The van der Waals surface area contributed by atoms with Crippen LogP contribution in [0.2, 0.25) is 0 Å². The number of carbonyl (C=O) groups is 1. The fraction of sp³-hybridized carbons (Fsp3) is 0.0625. The van der Waals surface area contributed by atoms with Crippen LogP contribution >= 0.6 is 15.9 Å². The van der Waals surface area contributed by atoms with Crippen LogP contribution in [0.1, 0.15) is 10.4 Å². The van der Waals surface area contributed by atoms with Gasteiger partial charge in [0.1, 0.15) is 11.6 Å². The molecule has 1 N–H and O–H groups in total. The molecule has 0 saturated heterocycles.